The number of allylic oxidation sites excluding steroid dienone is 9. The molecule has 0 bridgehead atoms. The largest absolute Gasteiger partial charge is 0.385 e. The van der Waals surface area contributed by atoms with Crippen molar-refractivity contribution in [2.75, 3.05) is 14.1 Å². The molecule has 5 unspecified atom stereocenters. The van der Waals surface area contributed by atoms with E-state index < -0.39 is 5.60 Å². The van der Waals surface area contributed by atoms with Crippen LogP contribution < -0.4 is 0 Å². The van der Waals surface area contributed by atoms with Gasteiger partial charge in [0, 0.05) is 12.3 Å². The Morgan fingerprint density at radius 3 is 2.72 bits per heavy atom. The lowest BCUT2D eigenvalue weighted by molar-refractivity contribution is -0.0508. The zero-order chi connectivity index (χ0) is 25.9. The fourth-order valence-corrected chi connectivity index (χ4v) is 7.82. The Hall–Kier alpha value is -1.97. The van der Waals surface area contributed by atoms with E-state index in [1.807, 2.05) is 0 Å². The highest BCUT2D eigenvalue weighted by Gasteiger charge is 2.58. The van der Waals surface area contributed by atoms with Crippen LogP contribution in [-0.4, -0.2) is 42.0 Å². The highest BCUT2D eigenvalue weighted by atomic mass is 16.3. The molecule has 2 N–H and O–H groups in total. The smallest absolute Gasteiger partial charge is 0.0927 e. The molecule has 3 nitrogen and oxygen atoms in total. The molecule has 0 heterocycles. The van der Waals surface area contributed by atoms with Crippen LogP contribution in [0, 0.1) is 28.6 Å². The van der Waals surface area contributed by atoms with Crippen LogP contribution in [0.4, 0.5) is 0 Å². The lowest BCUT2D eigenvalue weighted by atomic mass is 9.57. The van der Waals surface area contributed by atoms with Crippen LogP contribution >= 0.6 is 0 Å². The topological polar surface area (TPSA) is 47.3 Å². The summed E-state index contributed by atoms with van der Waals surface area (Å²) in [6.45, 7) is 8.66. The molecule has 0 aromatic carbocycles. The van der Waals surface area contributed by atoms with Crippen molar-refractivity contribution in [3.63, 3.8) is 0 Å². The molecular weight excluding hydrogens is 440 g/mol. The third-order valence-electron chi connectivity index (χ3n) is 9.89. The van der Waals surface area contributed by atoms with Crippen molar-refractivity contribution in [3.05, 3.63) is 71.4 Å². The number of hydrogen-bond donors (Lipinski definition) is 2. The van der Waals surface area contributed by atoms with Crippen LogP contribution in [0.2, 0.25) is 0 Å². The Morgan fingerprint density at radius 1 is 1.19 bits per heavy atom. The lowest BCUT2D eigenvalue weighted by Crippen LogP contribution is -2.49. The second-order valence-corrected chi connectivity index (χ2v) is 12.2. The van der Waals surface area contributed by atoms with Gasteiger partial charge in [-0.05, 0) is 118 Å². The predicted octanol–water partition coefficient (Wildman–Crippen LogP) is 7.58. The Morgan fingerprint density at radius 2 is 2.00 bits per heavy atom. The number of aliphatic hydroxyl groups is 1. The van der Waals surface area contributed by atoms with E-state index in [1.54, 1.807) is 5.57 Å². The first-order valence-electron chi connectivity index (χ1n) is 14.2. The van der Waals surface area contributed by atoms with Crippen LogP contribution in [-0.2, 0) is 0 Å². The monoisotopic (exact) mass is 488 g/mol. The third kappa shape index (κ3) is 5.20. The Bertz CT molecular complexity index is 995. The second kappa shape index (κ2) is 11.2. The quantitative estimate of drug-likeness (QED) is 0.210. The van der Waals surface area contributed by atoms with Gasteiger partial charge >= 0.3 is 0 Å². The number of hydrogen-bond acceptors (Lipinski definition) is 3. The summed E-state index contributed by atoms with van der Waals surface area (Å²) in [4.78, 5) is 2.39. The van der Waals surface area contributed by atoms with Crippen molar-refractivity contribution < 1.29 is 5.11 Å². The Balaban J connectivity index is 1.61. The second-order valence-electron chi connectivity index (χ2n) is 12.2. The van der Waals surface area contributed by atoms with Crippen molar-refractivity contribution >= 4 is 6.21 Å². The maximum absolute atomic E-state index is 12.4. The van der Waals surface area contributed by atoms with E-state index in [-0.39, 0.29) is 11.3 Å². The number of fused-ring (bicyclic) bond motifs is 4. The molecule has 2 fully saturated rings. The summed E-state index contributed by atoms with van der Waals surface area (Å²) in [6.07, 6.45) is 27.9. The first-order chi connectivity index (χ1) is 17.2. The van der Waals surface area contributed by atoms with Crippen molar-refractivity contribution in [2.24, 2.45) is 23.2 Å². The summed E-state index contributed by atoms with van der Waals surface area (Å²) in [5.74, 6) is 1.24. The summed E-state index contributed by atoms with van der Waals surface area (Å²) in [6, 6.07) is 0.658. The van der Waals surface area contributed by atoms with Crippen LogP contribution in [0.1, 0.15) is 78.1 Å². The van der Waals surface area contributed by atoms with E-state index in [2.05, 4.69) is 82.0 Å². The zero-order valence-electron chi connectivity index (χ0n) is 23.1. The van der Waals surface area contributed by atoms with Crippen LogP contribution in [0.25, 0.3) is 0 Å². The van der Waals surface area contributed by atoms with Crippen molar-refractivity contribution in [1.29, 1.82) is 5.41 Å². The van der Waals surface area contributed by atoms with Gasteiger partial charge in [-0.25, -0.2) is 0 Å². The molecule has 196 valence electrons. The van der Waals surface area contributed by atoms with Gasteiger partial charge in [-0.2, -0.15) is 0 Å². The van der Waals surface area contributed by atoms with Gasteiger partial charge in [-0.3, -0.25) is 0 Å². The lowest BCUT2D eigenvalue weighted by Gasteiger charge is -2.49. The van der Waals surface area contributed by atoms with Gasteiger partial charge in [0.2, 0.25) is 0 Å². The SMILES string of the molecule is C=C(C=N)/C=C(\C=C/C/C=C\CC)C1CCC2C1(C)CC=C1C=C3CCC(N(C)C)CC3CC[C@@]12O. The zero-order valence-corrected chi connectivity index (χ0v) is 23.1. The molecule has 4 rings (SSSR count). The minimum Gasteiger partial charge on any atom is -0.385 e. The minimum absolute atomic E-state index is 0.0101. The molecule has 0 aliphatic heterocycles. The van der Waals surface area contributed by atoms with Crippen LogP contribution in [0.3, 0.4) is 0 Å². The van der Waals surface area contributed by atoms with Crippen LogP contribution in [0.15, 0.2) is 71.4 Å². The molecule has 0 aromatic rings. The van der Waals surface area contributed by atoms with E-state index in [1.165, 1.54) is 36.6 Å². The molecule has 0 aromatic heterocycles. The average molecular weight is 489 g/mol. The molecule has 0 radical (unpaired) electrons. The predicted molar refractivity (Wildman–Crippen MR) is 153 cm³/mol. The first-order valence-corrected chi connectivity index (χ1v) is 14.2. The van der Waals surface area contributed by atoms with Crippen molar-refractivity contribution in [3.8, 4) is 0 Å². The summed E-state index contributed by atoms with van der Waals surface area (Å²) in [5.41, 5.74) is 4.09. The van der Waals surface area contributed by atoms with Gasteiger partial charge < -0.3 is 15.4 Å². The van der Waals surface area contributed by atoms with Gasteiger partial charge in [-0.1, -0.05) is 68.5 Å². The number of rotatable bonds is 8. The van der Waals surface area contributed by atoms with E-state index in [4.69, 9.17) is 5.41 Å². The average Bonchev–Trinajstić information content (AvgIpc) is 3.14. The third-order valence-corrected chi connectivity index (χ3v) is 9.89. The summed E-state index contributed by atoms with van der Waals surface area (Å²) >= 11 is 0. The van der Waals surface area contributed by atoms with E-state index in [0.29, 0.717) is 17.9 Å². The number of nitrogens with one attached hydrogen (secondary N) is 1. The summed E-state index contributed by atoms with van der Waals surface area (Å²) in [7, 11) is 4.42. The fourth-order valence-electron chi connectivity index (χ4n) is 7.82. The molecule has 0 saturated heterocycles. The molecule has 3 heteroatoms. The molecule has 0 spiro atoms. The van der Waals surface area contributed by atoms with Crippen molar-refractivity contribution in [2.45, 2.75) is 89.7 Å². The maximum Gasteiger partial charge on any atom is 0.0927 e. The highest BCUT2D eigenvalue weighted by Crippen LogP contribution is 2.62. The number of nitrogens with zero attached hydrogens (tertiary/aromatic N) is 1. The van der Waals surface area contributed by atoms with E-state index >= 15 is 0 Å². The Labute approximate surface area is 219 Å². The molecule has 6 atom stereocenters. The highest BCUT2D eigenvalue weighted by molar-refractivity contribution is 5.79. The van der Waals surface area contributed by atoms with E-state index in [9.17, 15) is 5.11 Å². The van der Waals surface area contributed by atoms with Crippen molar-refractivity contribution in [1.82, 2.24) is 4.90 Å². The molecule has 0 amide bonds. The Kier molecular flexibility index (Phi) is 8.42. The molecule has 4 aliphatic carbocycles. The van der Waals surface area contributed by atoms with E-state index in [0.717, 1.165) is 50.5 Å². The molecule has 2 saturated carbocycles. The first kappa shape index (κ1) is 27.1. The van der Waals surface area contributed by atoms with Gasteiger partial charge in [0.15, 0.2) is 0 Å². The minimum atomic E-state index is -0.725. The molecular formula is C33H48N2O. The van der Waals surface area contributed by atoms with Gasteiger partial charge in [0.25, 0.3) is 0 Å². The molecule has 4 aliphatic rings. The van der Waals surface area contributed by atoms with Gasteiger partial charge in [0.05, 0.1) is 5.60 Å². The molecule has 36 heavy (non-hydrogen) atoms. The maximum atomic E-state index is 12.4. The van der Waals surface area contributed by atoms with Gasteiger partial charge in [0.1, 0.15) is 0 Å². The van der Waals surface area contributed by atoms with Crippen LogP contribution in [0.5, 0.6) is 0 Å². The standard InChI is InChI=1S/C33H48N2O/c1-6-7-8-9-10-11-27(20-24(2)23-34)30-14-15-31-32(30,3)18-17-28-21-25-12-13-29(35(4)5)22-26(25)16-19-33(28,31)36/h7-8,10-11,17,20-21,23,26,29-31,34,36H,2,6,9,12-16,18-19,22H2,1,3-5H3/b8-7-,11-10-,27-20+,34-23?/t26?,29?,30?,31?,32?,33-/m1/s1. The van der Waals surface area contributed by atoms with Gasteiger partial charge in [-0.15, -0.1) is 0 Å². The fraction of sp³-hybridized carbons (Fsp3) is 0.606. The normalized spacial score (nSPS) is 36.8. The summed E-state index contributed by atoms with van der Waals surface area (Å²) in [5, 5.41) is 20.1. The summed E-state index contributed by atoms with van der Waals surface area (Å²) < 4.78 is 0.